The molecule has 7 heteroatoms. The minimum Gasteiger partial charge on any atom is -0.350 e. The highest BCUT2D eigenvalue weighted by Gasteiger charge is 2.17. The van der Waals surface area contributed by atoms with Gasteiger partial charge in [-0.25, -0.2) is 9.37 Å². The second kappa shape index (κ2) is 9.81. The lowest BCUT2D eigenvalue weighted by molar-refractivity contribution is 0.0943. The molecule has 0 unspecified atom stereocenters. The fraction of sp³-hybridized carbons (Fsp3) is 0.222. The molecule has 0 aliphatic carbocycles. The summed E-state index contributed by atoms with van der Waals surface area (Å²) >= 11 is 1.41. The Hall–Kier alpha value is -3.45. The Morgan fingerprint density at radius 1 is 1.09 bits per heavy atom. The van der Waals surface area contributed by atoms with Crippen LogP contribution in [0.25, 0.3) is 16.6 Å². The summed E-state index contributed by atoms with van der Waals surface area (Å²) in [6, 6.07) is 17.0. The SMILES string of the molecule is Cc1ccc(C)c(CSc2nc3cc(C(=O)NC(C)C)ccc3c(=O)n2-c2cccc(F)c2)c1. The molecule has 0 atom stereocenters. The lowest BCUT2D eigenvalue weighted by atomic mass is 10.1. The molecule has 0 saturated heterocycles. The van der Waals surface area contributed by atoms with Crippen LogP contribution in [0.2, 0.25) is 0 Å². The van der Waals surface area contributed by atoms with E-state index in [1.54, 1.807) is 30.3 Å². The highest BCUT2D eigenvalue weighted by atomic mass is 32.2. The van der Waals surface area contributed by atoms with E-state index >= 15 is 0 Å². The van der Waals surface area contributed by atoms with Gasteiger partial charge in [0.15, 0.2) is 5.16 Å². The van der Waals surface area contributed by atoms with Crippen molar-refractivity contribution in [2.75, 3.05) is 0 Å². The number of halogens is 1. The molecule has 0 radical (unpaired) electrons. The molecule has 1 heterocycles. The van der Waals surface area contributed by atoms with Crippen molar-refractivity contribution < 1.29 is 9.18 Å². The number of carbonyl (C=O) groups is 1. The van der Waals surface area contributed by atoms with Gasteiger partial charge in [-0.3, -0.25) is 14.2 Å². The van der Waals surface area contributed by atoms with Gasteiger partial charge in [0.1, 0.15) is 5.82 Å². The lowest BCUT2D eigenvalue weighted by Gasteiger charge is -2.15. The summed E-state index contributed by atoms with van der Waals surface area (Å²) in [5.74, 6) is -0.0674. The molecule has 1 aromatic heterocycles. The van der Waals surface area contributed by atoms with Crippen LogP contribution < -0.4 is 10.9 Å². The third kappa shape index (κ3) is 5.04. The Kier molecular flexibility index (Phi) is 6.84. The molecular weight excluding hydrogens is 449 g/mol. The molecule has 0 fully saturated rings. The minimum absolute atomic E-state index is 0.0131. The molecule has 4 rings (SSSR count). The Balaban J connectivity index is 1.85. The van der Waals surface area contributed by atoms with Crippen LogP contribution in [0.4, 0.5) is 4.39 Å². The van der Waals surface area contributed by atoms with E-state index in [1.807, 2.05) is 27.7 Å². The molecule has 1 N–H and O–H groups in total. The molecule has 0 saturated carbocycles. The summed E-state index contributed by atoms with van der Waals surface area (Å²) in [5.41, 5.74) is 4.39. The highest BCUT2D eigenvalue weighted by molar-refractivity contribution is 7.98. The summed E-state index contributed by atoms with van der Waals surface area (Å²) in [5, 5.41) is 3.66. The van der Waals surface area contributed by atoms with Gasteiger partial charge in [-0.15, -0.1) is 0 Å². The molecule has 5 nitrogen and oxygen atoms in total. The number of rotatable bonds is 6. The maximum absolute atomic E-state index is 14.0. The second-order valence-corrected chi connectivity index (χ2v) is 9.54. The highest BCUT2D eigenvalue weighted by Crippen LogP contribution is 2.27. The van der Waals surface area contributed by atoms with Gasteiger partial charge in [0.2, 0.25) is 0 Å². The molecule has 0 aliphatic rings. The van der Waals surface area contributed by atoms with Gasteiger partial charge in [0.05, 0.1) is 16.6 Å². The lowest BCUT2D eigenvalue weighted by Crippen LogP contribution is -2.30. The van der Waals surface area contributed by atoms with Gasteiger partial charge in [-0.2, -0.15) is 0 Å². The number of amides is 1. The molecule has 0 spiro atoms. The minimum atomic E-state index is -0.435. The van der Waals surface area contributed by atoms with Gasteiger partial charge < -0.3 is 5.32 Å². The predicted octanol–water partition coefficient (Wildman–Crippen LogP) is 5.57. The number of fused-ring (bicyclic) bond motifs is 1. The summed E-state index contributed by atoms with van der Waals surface area (Å²) in [6.45, 7) is 7.85. The number of carbonyl (C=O) groups excluding carboxylic acids is 1. The number of thioether (sulfide) groups is 1. The number of hydrogen-bond donors (Lipinski definition) is 1. The number of nitrogens with one attached hydrogen (secondary N) is 1. The van der Waals surface area contributed by atoms with Crippen LogP contribution in [0.1, 0.15) is 40.9 Å². The van der Waals surface area contributed by atoms with E-state index in [4.69, 9.17) is 4.98 Å². The smallest absolute Gasteiger partial charge is 0.266 e. The quantitative estimate of drug-likeness (QED) is 0.292. The van der Waals surface area contributed by atoms with Crippen molar-refractivity contribution in [2.45, 2.75) is 44.6 Å². The first kappa shape index (κ1) is 23.7. The molecule has 0 bridgehead atoms. The zero-order chi connectivity index (χ0) is 24.4. The third-order valence-corrected chi connectivity index (χ3v) is 6.44. The van der Waals surface area contributed by atoms with Gasteiger partial charge in [0, 0.05) is 17.4 Å². The van der Waals surface area contributed by atoms with Crippen LogP contribution in [0.3, 0.4) is 0 Å². The van der Waals surface area contributed by atoms with Crippen molar-refractivity contribution in [1.82, 2.24) is 14.9 Å². The average Bonchev–Trinajstić information content (AvgIpc) is 2.79. The van der Waals surface area contributed by atoms with Crippen LogP contribution in [0.15, 0.2) is 70.6 Å². The Labute approximate surface area is 202 Å². The van der Waals surface area contributed by atoms with Crippen molar-refractivity contribution in [3.05, 3.63) is 99.1 Å². The molecular formula is C27H26FN3O2S. The van der Waals surface area contributed by atoms with Crippen LogP contribution >= 0.6 is 11.8 Å². The molecule has 34 heavy (non-hydrogen) atoms. The van der Waals surface area contributed by atoms with Gasteiger partial charge in [-0.1, -0.05) is 41.6 Å². The first-order valence-corrected chi connectivity index (χ1v) is 12.0. The van der Waals surface area contributed by atoms with E-state index in [9.17, 15) is 14.0 Å². The Morgan fingerprint density at radius 2 is 1.88 bits per heavy atom. The summed E-state index contributed by atoms with van der Waals surface area (Å²) in [6.07, 6.45) is 0. The molecule has 174 valence electrons. The van der Waals surface area contributed by atoms with E-state index in [1.165, 1.54) is 28.5 Å². The van der Waals surface area contributed by atoms with Crippen molar-refractivity contribution in [1.29, 1.82) is 0 Å². The molecule has 4 aromatic rings. The number of hydrogen-bond acceptors (Lipinski definition) is 4. The Morgan fingerprint density at radius 3 is 2.62 bits per heavy atom. The van der Waals surface area contributed by atoms with E-state index in [0.29, 0.717) is 33.1 Å². The summed E-state index contributed by atoms with van der Waals surface area (Å²) in [4.78, 5) is 30.8. The zero-order valence-electron chi connectivity index (χ0n) is 19.6. The second-order valence-electron chi connectivity index (χ2n) is 8.59. The largest absolute Gasteiger partial charge is 0.350 e. The van der Waals surface area contributed by atoms with Crippen LogP contribution in [0.5, 0.6) is 0 Å². The van der Waals surface area contributed by atoms with Gasteiger partial charge in [0.25, 0.3) is 11.5 Å². The van der Waals surface area contributed by atoms with Crippen LogP contribution in [0, 0.1) is 19.7 Å². The summed E-state index contributed by atoms with van der Waals surface area (Å²) in [7, 11) is 0. The van der Waals surface area contributed by atoms with Gasteiger partial charge >= 0.3 is 0 Å². The fourth-order valence-electron chi connectivity index (χ4n) is 3.69. The maximum Gasteiger partial charge on any atom is 0.266 e. The van der Waals surface area contributed by atoms with Crippen LogP contribution in [-0.2, 0) is 5.75 Å². The normalized spacial score (nSPS) is 11.2. The van der Waals surface area contributed by atoms with E-state index < -0.39 is 5.82 Å². The topological polar surface area (TPSA) is 64.0 Å². The number of benzene rings is 3. The van der Waals surface area contributed by atoms with Gasteiger partial charge in [-0.05, 0) is 75.2 Å². The van der Waals surface area contributed by atoms with E-state index in [2.05, 4.69) is 23.5 Å². The zero-order valence-corrected chi connectivity index (χ0v) is 20.4. The van der Waals surface area contributed by atoms with E-state index in [-0.39, 0.29) is 17.5 Å². The van der Waals surface area contributed by atoms with E-state index in [0.717, 1.165) is 16.7 Å². The standard InChI is InChI=1S/C27H26FN3O2S/c1-16(2)29-25(32)19-10-11-23-24(13-19)30-27(34-15-20-12-17(3)8-9-18(20)4)31(26(23)33)22-7-5-6-21(28)14-22/h5-14,16H,15H2,1-4H3,(H,29,32). The third-order valence-electron chi connectivity index (χ3n) is 5.45. The molecule has 0 aliphatic heterocycles. The van der Waals surface area contributed by atoms with Crippen molar-refractivity contribution in [3.63, 3.8) is 0 Å². The monoisotopic (exact) mass is 475 g/mol. The molecule has 1 amide bonds. The summed E-state index contributed by atoms with van der Waals surface area (Å²) < 4.78 is 15.5. The molecule has 3 aromatic carbocycles. The first-order valence-electron chi connectivity index (χ1n) is 11.1. The first-order chi connectivity index (χ1) is 16.2. The number of aromatic nitrogens is 2. The predicted molar refractivity (Wildman–Crippen MR) is 135 cm³/mol. The van der Waals surface area contributed by atoms with Crippen molar-refractivity contribution in [2.24, 2.45) is 0 Å². The van der Waals surface area contributed by atoms with Crippen molar-refractivity contribution >= 4 is 28.6 Å². The fourth-order valence-corrected chi connectivity index (χ4v) is 4.77. The number of aryl methyl sites for hydroxylation is 2. The Bertz CT molecular complexity index is 1450. The number of nitrogens with zero attached hydrogens (tertiary/aromatic N) is 2. The van der Waals surface area contributed by atoms with Crippen molar-refractivity contribution in [3.8, 4) is 5.69 Å². The van der Waals surface area contributed by atoms with Crippen LogP contribution in [-0.4, -0.2) is 21.5 Å². The average molecular weight is 476 g/mol. The maximum atomic E-state index is 14.0.